The Morgan fingerprint density at radius 1 is 1.35 bits per heavy atom. The van der Waals surface area contributed by atoms with Crippen LogP contribution in [0.25, 0.3) is 0 Å². The number of thioether (sulfide) groups is 1. The third-order valence-electron chi connectivity index (χ3n) is 3.24. The summed E-state index contributed by atoms with van der Waals surface area (Å²) >= 11 is 1.16. The molecular weight excluding hydrogens is 289 g/mol. The van der Waals surface area contributed by atoms with Gasteiger partial charge in [-0.3, -0.25) is 9.59 Å². The number of hydrogen-bond donors (Lipinski definition) is 0. The summed E-state index contributed by atoms with van der Waals surface area (Å²) in [6.07, 6.45) is -4.96. The number of rotatable bonds is 2. The highest BCUT2D eigenvalue weighted by atomic mass is 32.2. The summed E-state index contributed by atoms with van der Waals surface area (Å²) in [7, 11) is 0. The van der Waals surface area contributed by atoms with Gasteiger partial charge in [0.2, 0.25) is 5.78 Å². The van der Waals surface area contributed by atoms with Gasteiger partial charge in [-0.05, 0) is 11.5 Å². The zero-order valence-electron chi connectivity index (χ0n) is 11.0. The molecule has 0 aromatic heterocycles. The van der Waals surface area contributed by atoms with Crippen LogP contribution in [0.3, 0.4) is 0 Å². The van der Waals surface area contributed by atoms with Crippen LogP contribution in [0.5, 0.6) is 0 Å². The van der Waals surface area contributed by atoms with Gasteiger partial charge in [0.15, 0.2) is 5.78 Å². The molecule has 6 heteroatoms. The molecular formula is C14H13F3O2S. The van der Waals surface area contributed by atoms with Crippen molar-refractivity contribution in [3.8, 4) is 0 Å². The second-order valence-electron chi connectivity index (χ2n) is 4.97. The van der Waals surface area contributed by atoms with Gasteiger partial charge >= 0.3 is 6.18 Å². The Hall–Kier alpha value is -1.30. The largest absolute Gasteiger partial charge is 0.450 e. The minimum absolute atomic E-state index is 0.145. The number of ketones is 2. The molecule has 1 heterocycles. The lowest BCUT2D eigenvalue weighted by atomic mass is 9.91. The van der Waals surface area contributed by atoms with Gasteiger partial charge in [0.25, 0.3) is 0 Å². The van der Waals surface area contributed by atoms with E-state index in [1.165, 1.54) is 6.07 Å². The number of fused-ring (bicyclic) bond motifs is 1. The molecule has 0 saturated heterocycles. The zero-order chi connectivity index (χ0) is 15.1. The lowest BCUT2D eigenvalue weighted by Crippen LogP contribution is -2.38. The van der Waals surface area contributed by atoms with E-state index < -0.39 is 23.7 Å². The monoisotopic (exact) mass is 302 g/mol. The van der Waals surface area contributed by atoms with E-state index in [0.717, 1.165) is 17.3 Å². The average molecular weight is 302 g/mol. The number of hydrogen-bond acceptors (Lipinski definition) is 3. The summed E-state index contributed by atoms with van der Waals surface area (Å²) < 4.78 is 37.4. The first kappa shape index (κ1) is 15.1. The highest BCUT2D eigenvalue weighted by molar-refractivity contribution is 7.99. The molecule has 1 aromatic carbocycles. The van der Waals surface area contributed by atoms with Crippen LogP contribution < -0.4 is 0 Å². The van der Waals surface area contributed by atoms with E-state index >= 15 is 0 Å². The van der Waals surface area contributed by atoms with Crippen molar-refractivity contribution < 1.29 is 22.8 Å². The van der Waals surface area contributed by atoms with Crippen molar-refractivity contribution in [1.82, 2.24) is 0 Å². The SMILES string of the molecule is CC(C)c1cccc2c1SCC(C(=O)C(F)(F)F)C2=O. The first-order valence-electron chi connectivity index (χ1n) is 6.14. The maximum atomic E-state index is 12.5. The number of benzene rings is 1. The van der Waals surface area contributed by atoms with Crippen LogP contribution in [0.2, 0.25) is 0 Å². The minimum atomic E-state index is -4.96. The fraction of sp³-hybridized carbons (Fsp3) is 0.429. The van der Waals surface area contributed by atoms with Crippen LogP contribution in [-0.2, 0) is 4.79 Å². The standard InChI is InChI=1S/C14H13F3O2S/c1-7(2)8-4-3-5-9-11(18)10(6-20-12(8)9)13(19)14(15,16)17/h3-5,7,10H,6H2,1-2H3. The molecule has 108 valence electrons. The molecule has 0 aliphatic carbocycles. The highest BCUT2D eigenvalue weighted by Crippen LogP contribution is 2.40. The Balaban J connectivity index is 2.41. The molecule has 0 radical (unpaired) electrons. The third-order valence-corrected chi connectivity index (χ3v) is 4.48. The van der Waals surface area contributed by atoms with Gasteiger partial charge in [-0.1, -0.05) is 32.0 Å². The summed E-state index contributed by atoms with van der Waals surface area (Å²) in [6, 6.07) is 5.00. The Morgan fingerprint density at radius 3 is 2.55 bits per heavy atom. The topological polar surface area (TPSA) is 34.1 Å². The predicted octanol–water partition coefficient (Wildman–Crippen LogP) is 3.85. The molecule has 20 heavy (non-hydrogen) atoms. The van der Waals surface area contributed by atoms with Gasteiger partial charge in [-0.2, -0.15) is 13.2 Å². The minimum Gasteiger partial charge on any atom is -0.293 e. The van der Waals surface area contributed by atoms with E-state index in [9.17, 15) is 22.8 Å². The highest BCUT2D eigenvalue weighted by Gasteiger charge is 2.48. The molecule has 1 unspecified atom stereocenters. The third kappa shape index (κ3) is 2.61. The van der Waals surface area contributed by atoms with Crippen molar-refractivity contribution in [1.29, 1.82) is 0 Å². The van der Waals surface area contributed by atoms with E-state index in [1.807, 2.05) is 19.9 Å². The Labute approximate surface area is 118 Å². The summed E-state index contributed by atoms with van der Waals surface area (Å²) in [5, 5.41) is 0. The van der Waals surface area contributed by atoms with E-state index in [2.05, 4.69) is 0 Å². The maximum absolute atomic E-state index is 12.5. The Bertz CT molecular complexity index is 564. The van der Waals surface area contributed by atoms with Gasteiger partial charge < -0.3 is 0 Å². The molecule has 0 saturated carbocycles. The lowest BCUT2D eigenvalue weighted by molar-refractivity contribution is -0.173. The number of halogens is 3. The quantitative estimate of drug-likeness (QED) is 0.778. The summed E-state index contributed by atoms with van der Waals surface area (Å²) in [5.74, 6) is -4.26. The van der Waals surface area contributed by atoms with Crippen LogP contribution >= 0.6 is 11.8 Å². The summed E-state index contributed by atoms with van der Waals surface area (Å²) in [5.41, 5.74) is 1.16. The van der Waals surface area contributed by atoms with Gasteiger partial charge in [0.05, 0.1) is 5.92 Å². The van der Waals surface area contributed by atoms with Gasteiger partial charge in [0, 0.05) is 16.2 Å². The first-order chi connectivity index (χ1) is 9.23. The Morgan fingerprint density at radius 2 is 2.00 bits per heavy atom. The van der Waals surface area contributed by atoms with Crippen LogP contribution in [0.4, 0.5) is 13.2 Å². The molecule has 2 rings (SSSR count). The molecule has 0 spiro atoms. The molecule has 0 fully saturated rings. The number of carbonyl (C=O) groups is 2. The fourth-order valence-corrected chi connectivity index (χ4v) is 3.62. The van der Waals surface area contributed by atoms with Gasteiger partial charge in [-0.15, -0.1) is 11.8 Å². The van der Waals surface area contributed by atoms with Gasteiger partial charge in [-0.25, -0.2) is 0 Å². The summed E-state index contributed by atoms with van der Waals surface area (Å²) in [4.78, 5) is 24.2. The lowest BCUT2D eigenvalue weighted by Gasteiger charge is -2.25. The molecule has 0 N–H and O–H groups in total. The first-order valence-corrected chi connectivity index (χ1v) is 7.13. The number of Topliss-reactive ketones (excluding diaryl/α,β-unsaturated/α-hetero) is 2. The van der Waals surface area contributed by atoms with Crippen LogP contribution in [0, 0.1) is 5.92 Å². The number of alkyl halides is 3. The van der Waals surface area contributed by atoms with Crippen molar-refractivity contribution in [3.63, 3.8) is 0 Å². The molecule has 0 bridgehead atoms. The van der Waals surface area contributed by atoms with E-state index in [4.69, 9.17) is 0 Å². The van der Waals surface area contributed by atoms with E-state index in [-0.39, 0.29) is 17.2 Å². The second kappa shape index (κ2) is 5.24. The van der Waals surface area contributed by atoms with Crippen molar-refractivity contribution in [2.75, 3.05) is 5.75 Å². The molecule has 1 aliphatic rings. The zero-order valence-corrected chi connectivity index (χ0v) is 11.8. The van der Waals surface area contributed by atoms with E-state index in [1.54, 1.807) is 6.07 Å². The number of carbonyl (C=O) groups excluding carboxylic acids is 2. The molecule has 0 amide bonds. The van der Waals surface area contributed by atoms with E-state index in [0.29, 0.717) is 4.90 Å². The van der Waals surface area contributed by atoms with Crippen molar-refractivity contribution in [2.45, 2.75) is 30.8 Å². The predicted molar refractivity (Wildman–Crippen MR) is 70.1 cm³/mol. The maximum Gasteiger partial charge on any atom is 0.450 e. The molecule has 1 atom stereocenters. The molecule has 2 nitrogen and oxygen atoms in total. The smallest absolute Gasteiger partial charge is 0.293 e. The molecule has 1 aromatic rings. The van der Waals surface area contributed by atoms with Crippen LogP contribution in [0.15, 0.2) is 23.1 Å². The van der Waals surface area contributed by atoms with Crippen LogP contribution in [0.1, 0.15) is 35.7 Å². The second-order valence-corrected chi connectivity index (χ2v) is 6.00. The summed E-state index contributed by atoms with van der Waals surface area (Å²) in [6.45, 7) is 3.90. The fourth-order valence-electron chi connectivity index (χ4n) is 2.19. The van der Waals surface area contributed by atoms with Crippen molar-refractivity contribution in [3.05, 3.63) is 29.3 Å². The normalized spacial score (nSPS) is 19.1. The van der Waals surface area contributed by atoms with Crippen molar-refractivity contribution >= 4 is 23.3 Å². The average Bonchev–Trinajstić information content (AvgIpc) is 2.36. The van der Waals surface area contributed by atoms with Gasteiger partial charge in [0.1, 0.15) is 0 Å². The Kier molecular flexibility index (Phi) is 3.95. The molecule has 1 aliphatic heterocycles. The van der Waals surface area contributed by atoms with Crippen LogP contribution in [-0.4, -0.2) is 23.5 Å². The van der Waals surface area contributed by atoms with Crippen molar-refractivity contribution in [2.24, 2.45) is 5.92 Å².